The summed E-state index contributed by atoms with van der Waals surface area (Å²) in [5, 5.41) is 0. The monoisotopic (exact) mass is 261 g/mol. The molecule has 0 radical (unpaired) electrons. The van der Waals surface area contributed by atoms with Crippen LogP contribution in [0.5, 0.6) is 5.75 Å². The zero-order valence-electron chi connectivity index (χ0n) is 10.4. The molecule has 1 rings (SSSR count). The van der Waals surface area contributed by atoms with E-state index in [4.69, 9.17) is 0 Å². The number of carbonyl (C=O) groups excluding carboxylic acids is 1. The molecule has 1 amide bonds. The van der Waals surface area contributed by atoms with Crippen molar-refractivity contribution >= 4 is 5.91 Å². The molecule has 0 N–H and O–H groups in total. The maximum Gasteiger partial charge on any atom is 0.257 e. The van der Waals surface area contributed by atoms with Gasteiger partial charge in [-0.1, -0.05) is 0 Å². The van der Waals surface area contributed by atoms with Gasteiger partial charge in [-0.3, -0.25) is 4.79 Å². The molecule has 18 heavy (non-hydrogen) atoms. The van der Waals surface area contributed by atoms with Crippen LogP contribution in [0.15, 0.2) is 6.07 Å². The molecule has 0 aromatic heterocycles. The number of nitrogens with zero attached hydrogens (tertiary/aromatic N) is 1. The highest BCUT2D eigenvalue weighted by Crippen LogP contribution is 2.27. The number of hydrogen-bond acceptors (Lipinski definition) is 2. The summed E-state index contributed by atoms with van der Waals surface area (Å²) in [7, 11) is 1.01. The van der Waals surface area contributed by atoms with Gasteiger partial charge in [-0.05, 0) is 19.9 Å². The Morgan fingerprint density at radius 3 is 2.22 bits per heavy atom. The van der Waals surface area contributed by atoms with Crippen molar-refractivity contribution in [1.82, 2.24) is 4.90 Å². The fraction of sp³-hybridized carbons (Fsp3) is 0.417. The van der Waals surface area contributed by atoms with E-state index in [1.165, 1.54) is 4.90 Å². The molecule has 0 heterocycles. The Kier molecular flexibility index (Phi) is 4.58. The topological polar surface area (TPSA) is 29.5 Å². The Balaban J connectivity index is 3.33. The Bertz CT molecular complexity index is 459. The number of hydrogen-bond donors (Lipinski definition) is 0. The zero-order chi connectivity index (χ0) is 13.9. The highest BCUT2D eigenvalue weighted by molar-refractivity contribution is 5.95. The van der Waals surface area contributed by atoms with E-state index < -0.39 is 34.7 Å². The van der Waals surface area contributed by atoms with Crippen molar-refractivity contribution in [3.05, 3.63) is 29.1 Å². The van der Waals surface area contributed by atoms with E-state index in [9.17, 15) is 18.0 Å². The summed E-state index contributed by atoms with van der Waals surface area (Å²) >= 11 is 0. The van der Waals surface area contributed by atoms with E-state index in [0.717, 1.165) is 7.11 Å². The quantitative estimate of drug-likeness (QED) is 0.780. The summed E-state index contributed by atoms with van der Waals surface area (Å²) < 4.78 is 44.7. The van der Waals surface area contributed by atoms with E-state index in [-0.39, 0.29) is 0 Å². The summed E-state index contributed by atoms with van der Waals surface area (Å²) in [5.41, 5.74) is -0.533. The van der Waals surface area contributed by atoms with Crippen molar-refractivity contribution in [3.8, 4) is 5.75 Å². The smallest absolute Gasteiger partial charge is 0.257 e. The van der Waals surface area contributed by atoms with Gasteiger partial charge in [0.05, 0.1) is 12.7 Å². The van der Waals surface area contributed by atoms with E-state index in [1.54, 1.807) is 13.8 Å². The van der Waals surface area contributed by atoms with E-state index >= 15 is 0 Å². The Morgan fingerprint density at radius 1 is 1.22 bits per heavy atom. The fourth-order valence-corrected chi connectivity index (χ4v) is 1.60. The first-order valence-electron chi connectivity index (χ1n) is 5.48. The van der Waals surface area contributed by atoms with Crippen molar-refractivity contribution < 1.29 is 22.7 Å². The first kappa shape index (κ1) is 14.3. The minimum atomic E-state index is -1.44. The third kappa shape index (κ3) is 2.42. The van der Waals surface area contributed by atoms with Crippen LogP contribution in [0.3, 0.4) is 0 Å². The van der Waals surface area contributed by atoms with Gasteiger partial charge in [0, 0.05) is 13.1 Å². The molecule has 0 aliphatic rings. The molecule has 0 fully saturated rings. The molecule has 0 saturated carbocycles. The molecule has 100 valence electrons. The lowest BCUT2D eigenvalue weighted by Gasteiger charge is -2.19. The summed E-state index contributed by atoms with van der Waals surface area (Å²) in [4.78, 5) is 13.2. The van der Waals surface area contributed by atoms with Crippen LogP contribution >= 0.6 is 0 Å². The van der Waals surface area contributed by atoms with Gasteiger partial charge in [0.15, 0.2) is 17.4 Å². The molecule has 0 bridgehead atoms. The lowest BCUT2D eigenvalue weighted by Crippen LogP contribution is -2.31. The molecule has 0 atom stereocenters. The number of ether oxygens (including phenoxy) is 1. The van der Waals surface area contributed by atoms with Crippen LogP contribution in [-0.4, -0.2) is 31.0 Å². The largest absolute Gasteiger partial charge is 0.491 e. The number of methoxy groups -OCH3 is 1. The molecule has 3 nitrogen and oxygen atoms in total. The van der Waals surface area contributed by atoms with Crippen LogP contribution in [0.2, 0.25) is 0 Å². The lowest BCUT2D eigenvalue weighted by atomic mass is 10.1. The molecule has 0 spiro atoms. The van der Waals surface area contributed by atoms with Crippen molar-refractivity contribution in [2.75, 3.05) is 20.2 Å². The van der Waals surface area contributed by atoms with Crippen LogP contribution < -0.4 is 4.74 Å². The minimum absolute atomic E-state index is 0.343. The van der Waals surface area contributed by atoms with Crippen LogP contribution in [-0.2, 0) is 0 Å². The second kappa shape index (κ2) is 5.75. The van der Waals surface area contributed by atoms with Crippen molar-refractivity contribution in [2.24, 2.45) is 0 Å². The molecule has 0 aliphatic carbocycles. The van der Waals surface area contributed by atoms with E-state index in [2.05, 4.69) is 4.74 Å². The maximum atomic E-state index is 13.8. The molecule has 0 saturated heterocycles. The van der Waals surface area contributed by atoms with Crippen LogP contribution in [0.1, 0.15) is 24.2 Å². The van der Waals surface area contributed by atoms with Gasteiger partial charge in [0.2, 0.25) is 5.82 Å². The van der Waals surface area contributed by atoms with Gasteiger partial charge in [-0.15, -0.1) is 0 Å². The van der Waals surface area contributed by atoms with Crippen molar-refractivity contribution in [3.63, 3.8) is 0 Å². The summed E-state index contributed by atoms with van der Waals surface area (Å²) in [6, 6.07) is 0.549. The summed E-state index contributed by atoms with van der Waals surface area (Å²) in [6.07, 6.45) is 0. The van der Waals surface area contributed by atoms with Gasteiger partial charge in [-0.2, -0.15) is 4.39 Å². The number of amides is 1. The lowest BCUT2D eigenvalue weighted by molar-refractivity contribution is 0.0766. The predicted octanol–water partition coefficient (Wildman–Crippen LogP) is 2.59. The standard InChI is InChI=1S/C12H14F3NO2/c1-4-16(5-2)12(17)7-6-8(13)10(15)11(18-3)9(7)14/h6H,4-5H2,1-3H3. The maximum absolute atomic E-state index is 13.8. The molecule has 6 heteroatoms. The Labute approximate surface area is 103 Å². The van der Waals surface area contributed by atoms with E-state index in [1.807, 2.05) is 0 Å². The van der Waals surface area contributed by atoms with Crippen LogP contribution in [0, 0.1) is 17.5 Å². The first-order valence-corrected chi connectivity index (χ1v) is 5.48. The number of rotatable bonds is 4. The second-order valence-electron chi connectivity index (χ2n) is 3.54. The number of carbonyl (C=O) groups is 1. The molecule has 1 aromatic carbocycles. The van der Waals surface area contributed by atoms with Gasteiger partial charge >= 0.3 is 0 Å². The van der Waals surface area contributed by atoms with Gasteiger partial charge < -0.3 is 9.64 Å². The van der Waals surface area contributed by atoms with Crippen molar-refractivity contribution in [2.45, 2.75) is 13.8 Å². The Hall–Kier alpha value is -1.72. The molecular formula is C12H14F3NO2. The normalized spacial score (nSPS) is 10.3. The van der Waals surface area contributed by atoms with Crippen molar-refractivity contribution in [1.29, 1.82) is 0 Å². The number of halogens is 3. The summed E-state index contributed by atoms with van der Waals surface area (Å²) in [5.74, 6) is -5.52. The molecule has 0 aliphatic heterocycles. The second-order valence-corrected chi connectivity index (χ2v) is 3.54. The first-order chi connectivity index (χ1) is 8.47. The zero-order valence-corrected chi connectivity index (χ0v) is 10.4. The Morgan fingerprint density at radius 2 is 1.78 bits per heavy atom. The third-order valence-electron chi connectivity index (χ3n) is 2.60. The number of benzene rings is 1. The fourth-order valence-electron chi connectivity index (χ4n) is 1.60. The van der Waals surface area contributed by atoms with Crippen LogP contribution in [0.25, 0.3) is 0 Å². The molecular weight excluding hydrogens is 247 g/mol. The minimum Gasteiger partial charge on any atom is -0.491 e. The summed E-state index contributed by atoms with van der Waals surface area (Å²) in [6.45, 7) is 4.10. The SMILES string of the molecule is CCN(CC)C(=O)c1cc(F)c(F)c(OC)c1F. The average molecular weight is 261 g/mol. The van der Waals surface area contributed by atoms with Gasteiger partial charge in [0.25, 0.3) is 5.91 Å². The highest BCUT2D eigenvalue weighted by atomic mass is 19.2. The highest BCUT2D eigenvalue weighted by Gasteiger charge is 2.25. The third-order valence-corrected chi connectivity index (χ3v) is 2.60. The van der Waals surface area contributed by atoms with Gasteiger partial charge in [-0.25, -0.2) is 8.78 Å². The van der Waals surface area contributed by atoms with Gasteiger partial charge in [0.1, 0.15) is 0 Å². The molecule has 0 unspecified atom stereocenters. The van der Waals surface area contributed by atoms with Crippen LogP contribution in [0.4, 0.5) is 13.2 Å². The van der Waals surface area contributed by atoms with E-state index in [0.29, 0.717) is 19.2 Å². The molecule has 1 aromatic rings. The predicted molar refractivity (Wildman–Crippen MR) is 60.1 cm³/mol. The average Bonchev–Trinajstić information content (AvgIpc) is 2.36.